The van der Waals surface area contributed by atoms with Gasteiger partial charge in [-0.15, -0.1) is 0 Å². The summed E-state index contributed by atoms with van der Waals surface area (Å²) in [7, 11) is 0. The molecule has 0 aliphatic rings. The molecule has 264 valence electrons. The average molecular weight is 697 g/mol. The van der Waals surface area contributed by atoms with Crippen LogP contribution in [0.2, 0.25) is 0 Å². The Morgan fingerprint density at radius 3 is 2.00 bits per heavy atom. The van der Waals surface area contributed by atoms with Crippen molar-refractivity contribution in [3.63, 3.8) is 0 Å². The molecular weight excluding hydrogens is 663 g/mol. The Hall–Kier alpha value is -4.28. The molecule has 0 aliphatic carbocycles. The molecule has 2 aromatic carbocycles. The zero-order valence-electron chi connectivity index (χ0n) is 25.8. The second kappa shape index (κ2) is 16.2. The summed E-state index contributed by atoms with van der Waals surface area (Å²) >= 11 is 0. The first-order valence-corrected chi connectivity index (χ1v) is 14.7. The van der Waals surface area contributed by atoms with Crippen LogP contribution >= 0.6 is 0 Å². The number of nitrogens with zero attached hydrogens (tertiary/aromatic N) is 3. The van der Waals surface area contributed by atoms with E-state index in [1.165, 1.54) is 0 Å². The molecule has 0 fully saturated rings. The van der Waals surface area contributed by atoms with Crippen LogP contribution in [0.25, 0.3) is 0 Å². The molecule has 0 amide bonds. The predicted molar refractivity (Wildman–Crippen MR) is 156 cm³/mol. The molecule has 0 bridgehead atoms. The number of benzene rings is 2. The molecule has 1 atom stereocenters. The maximum Gasteiger partial charge on any atom is 0.416 e. The number of hydrogen-bond donors (Lipinski definition) is 2. The standard InChI is InChI=1S/C31H33F9N4O4/c1-3-24(18-45)43-26-8-7-21(29(32,33)34)12-20(26)17-44(16-19-10-22(30(35,36)37)13-23(11-19)31(38,39)40)28-41-14-25(15-42-28)48-9-5-6-27(46)47-4-2/h7-8,10-15,24,43,45H,3-6,9,16-18H2,1-2H3. The van der Waals surface area contributed by atoms with Crippen LogP contribution in [-0.2, 0) is 41.1 Å². The Kier molecular flexibility index (Phi) is 12.9. The van der Waals surface area contributed by atoms with Crippen molar-refractivity contribution in [2.24, 2.45) is 0 Å². The van der Waals surface area contributed by atoms with E-state index in [2.05, 4.69) is 15.3 Å². The summed E-state index contributed by atoms with van der Waals surface area (Å²) in [6, 6.07) is 3.10. The first-order valence-electron chi connectivity index (χ1n) is 14.7. The number of alkyl halides is 9. The maximum absolute atomic E-state index is 13.7. The molecule has 0 aliphatic heterocycles. The Morgan fingerprint density at radius 1 is 0.875 bits per heavy atom. The van der Waals surface area contributed by atoms with Crippen molar-refractivity contribution >= 4 is 17.6 Å². The van der Waals surface area contributed by atoms with Crippen molar-refractivity contribution < 1.29 is 58.9 Å². The van der Waals surface area contributed by atoms with E-state index in [1.807, 2.05) is 0 Å². The molecule has 48 heavy (non-hydrogen) atoms. The number of anilines is 2. The normalized spacial score (nSPS) is 12.8. The number of halogens is 9. The molecule has 8 nitrogen and oxygen atoms in total. The molecule has 3 rings (SSSR count). The number of carbonyl (C=O) groups is 1. The van der Waals surface area contributed by atoms with E-state index in [-0.39, 0.29) is 61.7 Å². The van der Waals surface area contributed by atoms with Crippen molar-refractivity contribution in [1.29, 1.82) is 0 Å². The lowest BCUT2D eigenvalue weighted by Crippen LogP contribution is -2.28. The molecule has 0 spiro atoms. The number of aliphatic hydroxyl groups excluding tert-OH is 1. The summed E-state index contributed by atoms with van der Waals surface area (Å²) in [6.45, 7) is 2.06. The summed E-state index contributed by atoms with van der Waals surface area (Å²) in [5.74, 6) is -0.576. The minimum absolute atomic E-state index is 0.0347. The number of hydrogen-bond acceptors (Lipinski definition) is 8. The third kappa shape index (κ3) is 11.2. The van der Waals surface area contributed by atoms with Crippen molar-refractivity contribution in [3.8, 4) is 5.75 Å². The van der Waals surface area contributed by atoms with Gasteiger partial charge in [0.05, 0.1) is 48.9 Å². The summed E-state index contributed by atoms with van der Waals surface area (Å²) in [4.78, 5) is 20.9. The molecule has 1 aromatic heterocycles. The summed E-state index contributed by atoms with van der Waals surface area (Å²) in [6.07, 6.45) is -12.0. The second-order valence-corrected chi connectivity index (χ2v) is 10.5. The van der Waals surface area contributed by atoms with Crippen LogP contribution in [0.5, 0.6) is 5.75 Å². The van der Waals surface area contributed by atoms with Crippen LogP contribution in [0, 0.1) is 0 Å². The SMILES string of the molecule is CCOC(=O)CCCOc1cnc(N(Cc2cc(C(F)(F)F)cc(C(F)(F)F)c2)Cc2cc(C(F)(F)F)ccc2NC(CC)CO)nc1. The van der Waals surface area contributed by atoms with Gasteiger partial charge in [0.1, 0.15) is 0 Å². The number of esters is 1. The van der Waals surface area contributed by atoms with Crippen LogP contribution < -0.4 is 15.0 Å². The zero-order valence-corrected chi connectivity index (χ0v) is 25.8. The molecular formula is C31H33F9N4O4. The second-order valence-electron chi connectivity index (χ2n) is 10.5. The van der Waals surface area contributed by atoms with E-state index in [9.17, 15) is 49.4 Å². The van der Waals surface area contributed by atoms with E-state index in [0.717, 1.165) is 35.5 Å². The highest BCUT2D eigenvalue weighted by atomic mass is 19.4. The van der Waals surface area contributed by atoms with Gasteiger partial charge in [-0.25, -0.2) is 9.97 Å². The summed E-state index contributed by atoms with van der Waals surface area (Å²) < 4.78 is 133. The van der Waals surface area contributed by atoms with Gasteiger partial charge >= 0.3 is 24.5 Å². The van der Waals surface area contributed by atoms with Gasteiger partial charge in [0.2, 0.25) is 5.95 Å². The first-order chi connectivity index (χ1) is 22.4. The highest BCUT2D eigenvalue weighted by Gasteiger charge is 2.37. The van der Waals surface area contributed by atoms with Gasteiger partial charge in [0.15, 0.2) is 5.75 Å². The van der Waals surface area contributed by atoms with Crippen molar-refractivity contribution in [1.82, 2.24) is 9.97 Å². The lowest BCUT2D eigenvalue weighted by molar-refractivity contribution is -0.144. The monoisotopic (exact) mass is 696 g/mol. The van der Waals surface area contributed by atoms with E-state index in [0.29, 0.717) is 18.6 Å². The van der Waals surface area contributed by atoms with Gasteiger partial charge in [-0.2, -0.15) is 39.5 Å². The molecule has 1 heterocycles. The zero-order chi connectivity index (χ0) is 35.7. The molecule has 0 saturated heterocycles. The quantitative estimate of drug-likeness (QED) is 0.0951. The van der Waals surface area contributed by atoms with Gasteiger partial charge in [0.25, 0.3) is 0 Å². The molecule has 17 heteroatoms. The molecule has 0 saturated carbocycles. The predicted octanol–water partition coefficient (Wildman–Crippen LogP) is 7.64. The summed E-state index contributed by atoms with van der Waals surface area (Å²) in [5.41, 5.74) is -4.60. The third-order valence-corrected chi connectivity index (χ3v) is 6.88. The fourth-order valence-electron chi connectivity index (χ4n) is 4.46. The Bertz CT molecular complexity index is 1460. The Morgan fingerprint density at radius 2 is 1.48 bits per heavy atom. The smallest absolute Gasteiger partial charge is 0.416 e. The summed E-state index contributed by atoms with van der Waals surface area (Å²) in [5, 5.41) is 12.6. The van der Waals surface area contributed by atoms with Crippen LogP contribution in [0.1, 0.15) is 60.9 Å². The van der Waals surface area contributed by atoms with Crippen LogP contribution in [0.3, 0.4) is 0 Å². The number of aliphatic hydroxyl groups is 1. The lowest BCUT2D eigenvalue weighted by atomic mass is 10.0. The fraction of sp³-hybridized carbons (Fsp3) is 0.452. The molecule has 0 radical (unpaired) electrons. The van der Waals surface area contributed by atoms with Crippen molar-refractivity contribution in [2.75, 3.05) is 30.0 Å². The minimum Gasteiger partial charge on any atom is -0.490 e. The lowest BCUT2D eigenvalue weighted by Gasteiger charge is -2.27. The minimum atomic E-state index is -5.14. The fourth-order valence-corrected chi connectivity index (χ4v) is 4.46. The highest BCUT2D eigenvalue weighted by Crippen LogP contribution is 2.37. The maximum atomic E-state index is 13.7. The van der Waals surface area contributed by atoms with Gasteiger partial charge in [-0.05, 0) is 67.3 Å². The Labute approximate surface area is 269 Å². The highest BCUT2D eigenvalue weighted by molar-refractivity contribution is 5.69. The van der Waals surface area contributed by atoms with Crippen LogP contribution in [0.15, 0.2) is 48.8 Å². The van der Waals surface area contributed by atoms with Gasteiger partial charge < -0.3 is 24.8 Å². The third-order valence-electron chi connectivity index (χ3n) is 6.88. The number of ether oxygens (including phenoxy) is 2. The largest absolute Gasteiger partial charge is 0.490 e. The van der Waals surface area contributed by atoms with Crippen molar-refractivity contribution in [2.45, 2.75) is 70.8 Å². The molecule has 1 unspecified atom stereocenters. The van der Waals surface area contributed by atoms with Crippen LogP contribution in [0.4, 0.5) is 51.1 Å². The topological polar surface area (TPSA) is 96.8 Å². The van der Waals surface area contributed by atoms with E-state index in [4.69, 9.17) is 9.47 Å². The number of carbonyl (C=O) groups excluding carboxylic acids is 1. The van der Waals surface area contributed by atoms with Gasteiger partial charge in [0, 0.05) is 31.2 Å². The van der Waals surface area contributed by atoms with E-state index < -0.39 is 65.9 Å². The van der Waals surface area contributed by atoms with Crippen molar-refractivity contribution in [3.05, 3.63) is 76.6 Å². The van der Waals surface area contributed by atoms with Gasteiger partial charge in [-0.3, -0.25) is 4.79 Å². The van der Waals surface area contributed by atoms with Crippen LogP contribution in [-0.4, -0.2) is 46.9 Å². The van der Waals surface area contributed by atoms with Gasteiger partial charge in [-0.1, -0.05) is 6.92 Å². The average Bonchev–Trinajstić information content (AvgIpc) is 3.01. The number of aromatic nitrogens is 2. The van der Waals surface area contributed by atoms with E-state index >= 15 is 0 Å². The Balaban J connectivity index is 2.05. The van der Waals surface area contributed by atoms with E-state index in [1.54, 1.807) is 13.8 Å². The molecule has 3 aromatic rings. The number of rotatable bonds is 15. The first kappa shape index (κ1) is 38.2. The molecule has 2 N–H and O–H groups in total. The number of nitrogens with one attached hydrogen (secondary N) is 1.